The largest absolute Gasteiger partial charge is 0.481 e. The highest BCUT2D eigenvalue weighted by molar-refractivity contribution is 14.1. The molecule has 1 N–H and O–H groups in total. The van der Waals surface area contributed by atoms with Crippen molar-refractivity contribution in [2.45, 2.75) is 71.1 Å². The van der Waals surface area contributed by atoms with Gasteiger partial charge in [0.1, 0.15) is 0 Å². The summed E-state index contributed by atoms with van der Waals surface area (Å²) in [5, 5.41) is 11.3. The molecule has 0 saturated heterocycles. The van der Waals surface area contributed by atoms with Gasteiger partial charge in [-0.3, -0.25) is 9.59 Å². The van der Waals surface area contributed by atoms with Crippen LogP contribution in [0.15, 0.2) is 30.3 Å². The van der Waals surface area contributed by atoms with E-state index >= 15 is 0 Å². The lowest BCUT2D eigenvalue weighted by Gasteiger charge is -2.50. The summed E-state index contributed by atoms with van der Waals surface area (Å²) in [6.45, 7) is 8.81. The normalized spacial score (nSPS) is 24.8. The minimum Gasteiger partial charge on any atom is -0.481 e. The van der Waals surface area contributed by atoms with E-state index < -0.39 is 16.8 Å². The number of halogens is 3. The molecule has 4 rings (SSSR count). The van der Waals surface area contributed by atoms with E-state index in [1.165, 1.54) is 0 Å². The molecule has 0 radical (unpaired) electrons. The van der Waals surface area contributed by atoms with Crippen LogP contribution < -0.4 is 0 Å². The Bertz CT molecular complexity index is 1330. The Morgan fingerprint density at radius 2 is 1.95 bits per heavy atom. The fraction of sp³-hybridized carbons (Fsp3) is 0.484. The van der Waals surface area contributed by atoms with Crippen LogP contribution in [-0.2, 0) is 10.2 Å². The van der Waals surface area contributed by atoms with Crippen molar-refractivity contribution in [3.05, 3.63) is 66.2 Å². The van der Waals surface area contributed by atoms with Crippen LogP contribution in [-0.4, -0.2) is 35.0 Å². The SMILES string of the molecule is CC(C)c1c(Cl)cc2c(c1Cl)C(=O)N(CCCC#Cc1ccccc1I)C[C@H]1[C@](C)(C(=O)O)CCC[C@]21C. The Morgan fingerprint density at radius 1 is 1.24 bits per heavy atom. The first kappa shape index (κ1) is 29.2. The van der Waals surface area contributed by atoms with Crippen molar-refractivity contribution in [3.8, 4) is 11.8 Å². The van der Waals surface area contributed by atoms with Crippen molar-refractivity contribution >= 4 is 57.7 Å². The smallest absolute Gasteiger partial charge is 0.309 e. The number of unbranched alkanes of at least 4 members (excludes halogenated alkanes) is 1. The zero-order valence-corrected chi connectivity index (χ0v) is 26.0. The van der Waals surface area contributed by atoms with E-state index in [0.717, 1.165) is 33.1 Å². The second-order valence-corrected chi connectivity index (χ2v) is 13.3. The third-order valence-electron chi connectivity index (χ3n) is 8.60. The van der Waals surface area contributed by atoms with Crippen LogP contribution in [0.2, 0.25) is 10.0 Å². The number of benzene rings is 2. The van der Waals surface area contributed by atoms with Gasteiger partial charge in [-0.2, -0.15) is 0 Å². The number of nitrogens with zero attached hydrogens (tertiary/aromatic N) is 1. The molecule has 0 unspecified atom stereocenters. The molecule has 1 saturated carbocycles. The molecule has 4 nitrogen and oxygen atoms in total. The maximum Gasteiger partial charge on any atom is 0.309 e. The lowest BCUT2D eigenvalue weighted by atomic mass is 9.53. The average Bonchev–Trinajstić information content (AvgIpc) is 2.93. The highest BCUT2D eigenvalue weighted by Gasteiger charge is 2.57. The molecule has 38 heavy (non-hydrogen) atoms. The summed E-state index contributed by atoms with van der Waals surface area (Å²) in [7, 11) is 0. The van der Waals surface area contributed by atoms with E-state index in [-0.39, 0.29) is 17.7 Å². The Hall–Kier alpha value is -1.75. The molecule has 1 heterocycles. The van der Waals surface area contributed by atoms with Gasteiger partial charge in [-0.05, 0) is 89.4 Å². The van der Waals surface area contributed by atoms with Crippen molar-refractivity contribution in [2.75, 3.05) is 13.1 Å². The first-order valence-electron chi connectivity index (χ1n) is 13.2. The lowest BCUT2D eigenvalue weighted by Crippen LogP contribution is -2.53. The van der Waals surface area contributed by atoms with E-state index in [2.05, 4.69) is 41.4 Å². The Morgan fingerprint density at radius 3 is 2.61 bits per heavy atom. The fourth-order valence-electron chi connectivity index (χ4n) is 6.41. The number of carboxylic acids is 1. The Labute approximate surface area is 249 Å². The number of hydrogen-bond acceptors (Lipinski definition) is 2. The summed E-state index contributed by atoms with van der Waals surface area (Å²) in [4.78, 5) is 28.6. The molecule has 2 aliphatic rings. The first-order chi connectivity index (χ1) is 17.9. The molecule has 0 spiro atoms. The zero-order valence-electron chi connectivity index (χ0n) is 22.3. The molecule has 7 heteroatoms. The summed E-state index contributed by atoms with van der Waals surface area (Å²) in [6, 6.07) is 9.89. The number of carbonyl (C=O) groups excluding carboxylic acids is 1. The van der Waals surface area contributed by atoms with E-state index in [1.54, 1.807) is 0 Å². The van der Waals surface area contributed by atoms with Crippen molar-refractivity contribution < 1.29 is 14.7 Å². The highest BCUT2D eigenvalue weighted by atomic mass is 127. The number of carbonyl (C=O) groups is 2. The molecule has 0 bridgehead atoms. The molecule has 1 aliphatic carbocycles. The predicted molar refractivity (Wildman–Crippen MR) is 162 cm³/mol. The fourth-order valence-corrected chi connectivity index (χ4v) is 7.91. The third-order valence-corrected chi connectivity index (χ3v) is 10.2. The summed E-state index contributed by atoms with van der Waals surface area (Å²) < 4.78 is 1.11. The maximum atomic E-state index is 14.2. The van der Waals surface area contributed by atoms with Gasteiger partial charge in [-0.25, -0.2) is 0 Å². The summed E-state index contributed by atoms with van der Waals surface area (Å²) >= 11 is 16.0. The Balaban J connectivity index is 1.74. The van der Waals surface area contributed by atoms with Crippen LogP contribution in [0.4, 0.5) is 0 Å². The number of amides is 1. The zero-order chi connectivity index (χ0) is 27.8. The van der Waals surface area contributed by atoms with Crippen LogP contribution in [0.5, 0.6) is 0 Å². The van der Waals surface area contributed by atoms with Crippen LogP contribution in [0.3, 0.4) is 0 Å². The molecule has 1 fully saturated rings. The second kappa shape index (κ2) is 11.4. The molecular formula is C31H34Cl2INO3. The topological polar surface area (TPSA) is 57.6 Å². The standard InChI is InChI=1S/C31H34Cl2INO3/c1-19(2)25-22(32)17-21-26(27(25)33)28(36)35(16-9-5-6-11-20-12-7-8-13-23(20)34)18-24-30(21,3)14-10-15-31(24,4)29(37)38/h7-8,12-13,17,19,24H,5,9-10,14-16,18H2,1-4H3,(H,37,38)/t24-,30-,31-/m1/s1. The highest BCUT2D eigenvalue weighted by Crippen LogP contribution is 2.56. The van der Waals surface area contributed by atoms with Gasteiger partial charge < -0.3 is 10.0 Å². The summed E-state index contributed by atoms with van der Waals surface area (Å²) in [5.41, 5.74) is 1.53. The van der Waals surface area contributed by atoms with Gasteiger partial charge in [-0.1, -0.05) is 74.4 Å². The van der Waals surface area contributed by atoms with Crippen LogP contribution >= 0.6 is 45.8 Å². The number of fused-ring (bicyclic) bond motifs is 3. The van der Waals surface area contributed by atoms with Gasteiger partial charge in [-0.15, -0.1) is 0 Å². The quantitative estimate of drug-likeness (QED) is 0.199. The van der Waals surface area contributed by atoms with Crippen molar-refractivity contribution in [3.63, 3.8) is 0 Å². The minimum absolute atomic E-state index is 0.0418. The van der Waals surface area contributed by atoms with Crippen LogP contribution in [0.1, 0.15) is 92.8 Å². The minimum atomic E-state index is -0.966. The van der Waals surface area contributed by atoms with Gasteiger partial charge in [0.15, 0.2) is 0 Å². The maximum absolute atomic E-state index is 14.2. The summed E-state index contributed by atoms with van der Waals surface area (Å²) in [5.74, 6) is 5.28. The average molecular weight is 666 g/mol. The second-order valence-electron chi connectivity index (χ2n) is 11.3. The van der Waals surface area contributed by atoms with Gasteiger partial charge in [0.25, 0.3) is 5.91 Å². The van der Waals surface area contributed by atoms with E-state index in [9.17, 15) is 14.7 Å². The predicted octanol–water partition coefficient (Wildman–Crippen LogP) is 8.16. The van der Waals surface area contributed by atoms with Crippen molar-refractivity contribution in [2.24, 2.45) is 11.3 Å². The van der Waals surface area contributed by atoms with Crippen molar-refractivity contribution in [1.29, 1.82) is 0 Å². The first-order valence-corrected chi connectivity index (χ1v) is 15.0. The van der Waals surface area contributed by atoms with Gasteiger partial charge in [0.05, 0.1) is 16.0 Å². The van der Waals surface area contributed by atoms with Gasteiger partial charge in [0, 0.05) is 39.6 Å². The molecular weight excluding hydrogens is 632 g/mol. The number of aliphatic carboxylic acids is 1. The number of carboxylic acid groups (broad SMARTS) is 1. The molecule has 1 aliphatic heterocycles. The molecule has 202 valence electrons. The molecule has 2 aromatic rings. The molecule has 0 aromatic heterocycles. The van der Waals surface area contributed by atoms with E-state index in [0.29, 0.717) is 48.0 Å². The monoisotopic (exact) mass is 665 g/mol. The summed E-state index contributed by atoms with van der Waals surface area (Å²) in [6.07, 6.45) is 3.44. The van der Waals surface area contributed by atoms with E-state index in [1.807, 2.05) is 56.0 Å². The van der Waals surface area contributed by atoms with E-state index in [4.69, 9.17) is 23.2 Å². The lowest BCUT2D eigenvalue weighted by molar-refractivity contribution is -0.157. The van der Waals surface area contributed by atoms with Gasteiger partial charge >= 0.3 is 5.97 Å². The van der Waals surface area contributed by atoms with Crippen LogP contribution in [0, 0.1) is 26.7 Å². The number of hydrogen-bond donors (Lipinski definition) is 1. The molecule has 1 amide bonds. The van der Waals surface area contributed by atoms with Gasteiger partial charge in [0.2, 0.25) is 0 Å². The third kappa shape index (κ3) is 5.21. The molecule has 3 atom stereocenters. The Kier molecular flexibility index (Phi) is 8.76. The van der Waals surface area contributed by atoms with Crippen LogP contribution in [0.25, 0.3) is 0 Å². The molecule has 2 aromatic carbocycles. The number of rotatable bonds is 5. The van der Waals surface area contributed by atoms with Crippen molar-refractivity contribution in [1.82, 2.24) is 4.90 Å².